The first-order valence-electron chi connectivity index (χ1n) is 6.07. The Morgan fingerprint density at radius 3 is 2.29 bits per heavy atom. The van der Waals surface area contributed by atoms with E-state index in [1.165, 1.54) is 5.56 Å². The second-order valence-corrected chi connectivity index (χ2v) is 4.89. The van der Waals surface area contributed by atoms with Gasteiger partial charge < -0.3 is 10.8 Å². The lowest BCUT2D eigenvalue weighted by Crippen LogP contribution is -2.36. The Hall–Kier alpha value is -0.570. The highest BCUT2D eigenvalue weighted by molar-refractivity contribution is 5.85. The van der Waals surface area contributed by atoms with Crippen molar-refractivity contribution in [2.75, 3.05) is 0 Å². The molecule has 0 aromatic heterocycles. The second kappa shape index (κ2) is 8.51. The maximum absolute atomic E-state index is 9.90. The lowest BCUT2D eigenvalue weighted by atomic mass is 9.96. The second-order valence-electron chi connectivity index (χ2n) is 4.89. The summed E-state index contributed by atoms with van der Waals surface area (Å²) >= 11 is 0. The number of benzene rings is 1. The van der Waals surface area contributed by atoms with E-state index >= 15 is 0 Å². The van der Waals surface area contributed by atoms with E-state index in [1.54, 1.807) is 0 Å². The fourth-order valence-corrected chi connectivity index (χ4v) is 1.87. The van der Waals surface area contributed by atoms with E-state index < -0.39 is 0 Å². The fraction of sp³-hybridized carbons (Fsp3) is 0.571. The molecule has 3 heteroatoms. The molecule has 0 fully saturated rings. The zero-order chi connectivity index (χ0) is 12.0. The molecule has 0 aliphatic rings. The highest BCUT2D eigenvalue weighted by atomic mass is 35.5. The molecule has 0 spiro atoms. The number of rotatable bonds is 6. The Kier molecular flexibility index (Phi) is 8.23. The van der Waals surface area contributed by atoms with E-state index in [0.29, 0.717) is 5.92 Å². The SMILES string of the molecule is CC(C)CC(N)C(O)CCc1ccccc1.Cl. The summed E-state index contributed by atoms with van der Waals surface area (Å²) in [6.45, 7) is 4.26. The Morgan fingerprint density at radius 1 is 1.18 bits per heavy atom. The predicted molar refractivity (Wildman–Crippen MR) is 75.4 cm³/mol. The number of aliphatic hydroxyl groups is 1. The predicted octanol–water partition coefficient (Wildman–Crippen LogP) is 2.78. The minimum Gasteiger partial charge on any atom is -0.392 e. The molecular formula is C14H24ClNO. The van der Waals surface area contributed by atoms with E-state index in [-0.39, 0.29) is 24.6 Å². The summed E-state index contributed by atoms with van der Waals surface area (Å²) in [6.07, 6.45) is 2.14. The van der Waals surface area contributed by atoms with Gasteiger partial charge >= 0.3 is 0 Å². The van der Waals surface area contributed by atoms with Crippen molar-refractivity contribution in [2.24, 2.45) is 11.7 Å². The summed E-state index contributed by atoms with van der Waals surface area (Å²) in [4.78, 5) is 0. The zero-order valence-corrected chi connectivity index (χ0v) is 11.5. The quantitative estimate of drug-likeness (QED) is 0.823. The smallest absolute Gasteiger partial charge is 0.0694 e. The van der Waals surface area contributed by atoms with Gasteiger partial charge in [0.05, 0.1) is 6.10 Å². The number of aliphatic hydroxyl groups excluding tert-OH is 1. The highest BCUT2D eigenvalue weighted by Gasteiger charge is 2.15. The molecule has 1 aromatic carbocycles. The molecule has 0 aliphatic heterocycles. The molecule has 0 aliphatic carbocycles. The van der Waals surface area contributed by atoms with Crippen LogP contribution in [0.5, 0.6) is 0 Å². The molecule has 1 rings (SSSR count). The van der Waals surface area contributed by atoms with Crippen molar-refractivity contribution in [3.8, 4) is 0 Å². The number of nitrogens with two attached hydrogens (primary N) is 1. The third kappa shape index (κ3) is 6.67. The Labute approximate surface area is 111 Å². The van der Waals surface area contributed by atoms with Crippen LogP contribution in [0, 0.1) is 5.92 Å². The molecule has 1 aromatic rings. The number of hydrogen-bond acceptors (Lipinski definition) is 2. The monoisotopic (exact) mass is 257 g/mol. The number of hydrogen-bond donors (Lipinski definition) is 2. The molecule has 0 saturated heterocycles. The molecule has 0 saturated carbocycles. The summed E-state index contributed by atoms with van der Waals surface area (Å²) < 4.78 is 0. The maximum Gasteiger partial charge on any atom is 0.0694 e. The fourth-order valence-electron chi connectivity index (χ4n) is 1.87. The standard InChI is InChI=1S/C14H23NO.ClH/c1-11(2)10-13(15)14(16)9-8-12-6-4-3-5-7-12;/h3-7,11,13-14,16H,8-10,15H2,1-2H3;1H. The van der Waals surface area contributed by atoms with Gasteiger partial charge in [0.15, 0.2) is 0 Å². The van der Waals surface area contributed by atoms with Gasteiger partial charge in [0, 0.05) is 6.04 Å². The Bertz CT molecular complexity index is 290. The summed E-state index contributed by atoms with van der Waals surface area (Å²) in [5, 5.41) is 9.90. The molecule has 0 heterocycles. The minimum atomic E-state index is -0.386. The summed E-state index contributed by atoms with van der Waals surface area (Å²) in [7, 11) is 0. The zero-order valence-electron chi connectivity index (χ0n) is 10.7. The van der Waals surface area contributed by atoms with Gasteiger partial charge in [-0.15, -0.1) is 12.4 Å². The van der Waals surface area contributed by atoms with Crippen LogP contribution in [0.15, 0.2) is 30.3 Å². The van der Waals surface area contributed by atoms with Gasteiger partial charge in [-0.2, -0.15) is 0 Å². The van der Waals surface area contributed by atoms with Crippen LogP contribution in [-0.2, 0) is 6.42 Å². The van der Waals surface area contributed by atoms with Crippen LogP contribution in [0.4, 0.5) is 0 Å². The first-order chi connectivity index (χ1) is 7.59. The van der Waals surface area contributed by atoms with Gasteiger partial charge in [-0.3, -0.25) is 0 Å². The summed E-state index contributed by atoms with van der Waals surface area (Å²) in [6, 6.07) is 10.1. The van der Waals surface area contributed by atoms with Gasteiger partial charge in [-0.05, 0) is 30.7 Å². The van der Waals surface area contributed by atoms with E-state index in [0.717, 1.165) is 19.3 Å². The van der Waals surface area contributed by atoms with Crippen LogP contribution in [0.2, 0.25) is 0 Å². The van der Waals surface area contributed by atoms with Gasteiger partial charge in [0.25, 0.3) is 0 Å². The Balaban J connectivity index is 0.00000256. The average molecular weight is 258 g/mol. The van der Waals surface area contributed by atoms with Crippen molar-refractivity contribution >= 4 is 12.4 Å². The minimum absolute atomic E-state index is 0. The normalized spacial score (nSPS) is 14.2. The van der Waals surface area contributed by atoms with E-state index in [1.807, 2.05) is 18.2 Å². The molecule has 98 valence electrons. The van der Waals surface area contributed by atoms with Crippen molar-refractivity contribution in [1.29, 1.82) is 0 Å². The molecule has 3 N–H and O–H groups in total. The largest absolute Gasteiger partial charge is 0.392 e. The lowest BCUT2D eigenvalue weighted by molar-refractivity contribution is 0.125. The topological polar surface area (TPSA) is 46.2 Å². The third-order valence-corrected chi connectivity index (χ3v) is 2.81. The van der Waals surface area contributed by atoms with Crippen molar-refractivity contribution in [3.63, 3.8) is 0 Å². The van der Waals surface area contributed by atoms with Crippen LogP contribution in [0.3, 0.4) is 0 Å². The number of halogens is 1. The van der Waals surface area contributed by atoms with Crippen molar-refractivity contribution < 1.29 is 5.11 Å². The van der Waals surface area contributed by atoms with Crippen LogP contribution in [0.25, 0.3) is 0 Å². The third-order valence-electron chi connectivity index (χ3n) is 2.81. The molecular weight excluding hydrogens is 234 g/mol. The highest BCUT2D eigenvalue weighted by Crippen LogP contribution is 2.11. The van der Waals surface area contributed by atoms with Crippen LogP contribution < -0.4 is 5.73 Å². The van der Waals surface area contributed by atoms with Crippen LogP contribution in [-0.4, -0.2) is 17.3 Å². The number of aryl methyl sites for hydroxylation is 1. The van der Waals surface area contributed by atoms with Crippen molar-refractivity contribution in [1.82, 2.24) is 0 Å². The average Bonchev–Trinajstić information content (AvgIpc) is 2.26. The maximum atomic E-state index is 9.90. The van der Waals surface area contributed by atoms with Crippen molar-refractivity contribution in [2.45, 2.75) is 45.3 Å². The van der Waals surface area contributed by atoms with Gasteiger partial charge in [-0.1, -0.05) is 44.2 Å². The summed E-state index contributed by atoms with van der Waals surface area (Å²) in [5.74, 6) is 0.543. The van der Waals surface area contributed by atoms with Crippen LogP contribution >= 0.6 is 12.4 Å². The first kappa shape index (κ1) is 16.4. The molecule has 17 heavy (non-hydrogen) atoms. The molecule has 0 bridgehead atoms. The summed E-state index contributed by atoms with van der Waals surface area (Å²) in [5.41, 5.74) is 7.19. The van der Waals surface area contributed by atoms with Gasteiger partial charge in [0.1, 0.15) is 0 Å². The lowest BCUT2D eigenvalue weighted by Gasteiger charge is -2.20. The van der Waals surface area contributed by atoms with Crippen LogP contribution in [0.1, 0.15) is 32.3 Å². The molecule has 2 atom stereocenters. The van der Waals surface area contributed by atoms with Crippen molar-refractivity contribution in [3.05, 3.63) is 35.9 Å². The molecule has 0 amide bonds. The van der Waals surface area contributed by atoms with E-state index in [9.17, 15) is 5.11 Å². The molecule has 2 unspecified atom stereocenters. The van der Waals surface area contributed by atoms with Gasteiger partial charge in [0.2, 0.25) is 0 Å². The van der Waals surface area contributed by atoms with Gasteiger partial charge in [-0.25, -0.2) is 0 Å². The molecule has 0 radical (unpaired) electrons. The van der Waals surface area contributed by atoms with E-state index in [4.69, 9.17) is 5.73 Å². The van der Waals surface area contributed by atoms with E-state index in [2.05, 4.69) is 26.0 Å². The Morgan fingerprint density at radius 2 is 1.76 bits per heavy atom. The first-order valence-corrected chi connectivity index (χ1v) is 6.07. The molecule has 2 nitrogen and oxygen atoms in total.